The summed E-state index contributed by atoms with van der Waals surface area (Å²) in [6.45, 7) is 0. The van der Waals surface area contributed by atoms with Crippen molar-refractivity contribution in [2.75, 3.05) is 0 Å². The third kappa shape index (κ3) is 2.83. The Labute approximate surface area is 82.5 Å². The van der Waals surface area contributed by atoms with Crippen LogP contribution in [0.15, 0.2) is 29.2 Å². The molecule has 0 amide bonds. The minimum atomic E-state index is -4.11. The summed E-state index contributed by atoms with van der Waals surface area (Å²) < 4.78 is 30.0. The van der Waals surface area contributed by atoms with Gasteiger partial charge in [-0.05, 0) is 24.1 Å². The lowest BCUT2D eigenvalue weighted by molar-refractivity contribution is 0.483. The van der Waals surface area contributed by atoms with E-state index < -0.39 is 10.1 Å². The van der Waals surface area contributed by atoms with E-state index in [-0.39, 0.29) is 4.90 Å². The van der Waals surface area contributed by atoms with Crippen molar-refractivity contribution < 1.29 is 13.0 Å². The largest absolute Gasteiger partial charge is 0.294 e. The summed E-state index contributed by atoms with van der Waals surface area (Å²) >= 11 is 0. The fourth-order valence-corrected chi connectivity index (χ4v) is 1.51. The molecule has 1 aromatic rings. The van der Waals surface area contributed by atoms with Gasteiger partial charge in [0.2, 0.25) is 0 Å². The van der Waals surface area contributed by atoms with Crippen molar-refractivity contribution >= 4 is 10.1 Å². The number of aryl methyl sites for hydroxylation is 1. The first-order valence-electron chi connectivity index (χ1n) is 3.97. The number of rotatable bonds is 3. The Bertz CT molecular complexity index is 442. The molecule has 1 N–H and O–H groups in total. The summed E-state index contributed by atoms with van der Waals surface area (Å²) in [6, 6.07) is 7.80. The summed E-state index contributed by atoms with van der Waals surface area (Å²) in [4.78, 5) is -0.127. The van der Waals surface area contributed by atoms with Gasteiger partial charge in [0.05, 0.1) is 11.0 Å². The molecule has 4 nitrogen and oxygen atoms in total. The van der Waals surface area contributed by atoms with E-state index in [0.717, 1.165) is 5.56 Å². The highest BCUT2D eigenvalue weighted by Gasteiger charge is 2.07. The topological polar surface area (TPSA) is 78.2 Å². The van der Waals surface area contributed by atoms with Gasteiger partial charge in [-0.25, -0.2) is 0 Å². The van der Waals surface area contributed by atoms with Crippen LogP contribution in [0.4, 0.5) is 0 Å². The first-order chi connectivity index (χ1) is 6.54. The van der Waals surface area contributed by atoms with E-state index >= 15 is 0 Å². The molecule has 0 saturated carbocycles. The van der Waals surface area contributed by atoms with Crippen molar-refractivity contribution in [2.45, 2.75) is 17.7 Å². The number of benzene rings is 1. The highest BCUT2D eigenvalue weighted by molar-refractivity contribution is 7.85. The fourth-order valence-electron chi connectivity index (χ4n) is 1.03. The summed E-state index contributed by atoms with van der Waals surface area (Å²) in [7, 11) is -4.11. The lowest BCUT2D eigenvalue weighted by Crippen LogP contribution is -1.97. The molecule has 0 spiro atoms. The number of nitriles is 1. The molecule has 5 heteroatoms. The van der Waals surface area contributed by atoms with Gasteiger partial charge in [0.25, 0.3) is 10.1 Å². The quantitative estimate of drug-likeness (QED) is 0.766. The molecule has 0 aromatic heterocycles. The highest BCUT2D eigenvalue weighted by Crippen LogP contribution is 2.10. The fraction of sp³-hybridized carbons (Fsp3) is 0.222. The number of hydrogen-bond donors (Lipinski definition) is 1. The van der Waals surface area contributed by atoms with Gasteiger partial charge in [-0.3, -0.25) is 4.55 Å². The molecule has 0 aliphatic carbocycles. The Balaban J connectivity index is 2.86. The van der Waals surface area contributed by atoms with Gasteiger partial charge in [-0.2, -0.15) is 13.7 Å². The standard InChI is InChI=1S/C9H9NO3S/c10-7-1-2-8-3-5-9(6-4-8)14(11,12)13/h3-6H,1-2H2,(H,11,12,13). The SMILES string of the molecule is N#CCCc1ccc(S(=O)(=O)O)cc1. The second-order valence-corrected chi connectivity index (χ2v) is 4.20. The molecule has 0 fully saturated rings. The molecule has 1 rings (SSSR count). The van der Waals surface area contributed by atoms with Gasteiger partial charge in [0.15, 0.2) is 0 Å². The summed E-state index contributed by atoms with van der Waals surface area (Å²) in [6.07, 6.45) is 0.980. The van der Waals surface area contributed by atoms with Crippen molar-refractivity contribution in [3.63, 3.8) is 0 Å². The van der Waals surface area contributed by atoms with Crippen molar-refractivity contribution in [3.05, 3.63) is 29.8 Å². The van der Waals surface area contributed by atoms with Gasteiger partial charge in [0, 0.05) is 6.42 Å². The Hall–Kier alpha value is -1.38. The molecule has 14 heavy (non-hydrogen) atoms. The van der Waals surface area contributed by atoms with Crippen LogP contribution in [-0.4, -0.2) is 13.0 Å². The zero-order valence-electron chi connectivity index (χ0n) is 7.34. The third-order valence-electron chi connectivity index (χ3n) is 1.75. The predicted molar refractivity (Wildman–Crippen MR) is 50.2 cm³/mol. The van der Waals surface area contributed by atoms with E-state index in [0.29, 0.717) is 12.8 Å². The van der Waals surface area contributed by atoms with Crippen LogP contribution in [0, 0.1) is 11.3 Å². The van der Waals surface area contributed by atoms with E-state index in [4.69, 9.17) is 9.81 Å². The van der Waals surface area contributed by atoms with Crippen LogP contribution in [0.1, 0.15) is 12.0 Å². The molecule has 0 aliphatic heterocycles. The molecule has 1 aromatic carbocycles. The van der Waals surface area contributed by atoms with Gasteiger partial charge < -0.3 is 0 Å². The predicted octanol–water partition coefficient (Wildman–Crippen LogP) is 1.39. The molecule has 0 atom stereocenters. The van der Waals surface area contributed by atoms with Crippen LogP contribution in [0.5, 0.6) is 0 Å². The molecule has 74 valence electrons. The van der Waals surface area contributed by atoms with Crippen LogP contribution in [0.25, 0.3) is 0 Å². The second-order valence-electron chi connectivity index (χ2n) is 2.78. The molecule has 0 saturated heterocycles. The van der Waals surface area contributed by atoms with Crippen molar-refractivity contribution in [1.82, 2.24) is 0 Å². The van der Waals surface area contributed by atoms with Crippen molar-refractivity contribution in [2.24, 2.45) is 0 Å². The van der Waals surface area contributed by atoms with E-state index in [9.17, 15) is 8.42 Å². The van der Waals surface area contributed by atoms with Crippen LogP contribution >= 0.6 is 0 Å². The average Bonchev–Trinajstić information content (AvgIpc) is 2.14. The Kier molecular flexibility index (Phi) is 3.23. The molecule has 0 unspecified atom stereocenters. The first-order valence-corrected chi connectivity index (χ1v) is 5.41. The Morgan fingerprint density at radius 1 is 1.29 bits per heavy atom. The molecule has 0 aliphatic rings. The van der Waals surface area contributed by atoms with E-state index in [1.807, 2.05) is 6.07 Å². The zero-order chi connectivity index (χ0) is 10.6. The Morgan fingerprint density at radius 3 is 2.29 bits per heavy atom. The van der Waals surface area contributed by atoms with Gasteiger partial charge in [0.1, 0.15) is 0 Å². The smallest absolute Gasteiger partial charge is 0.282 e. The van der Waals surface area contributed by atoms with E-state index in [1.165, 1.54) is 12.1 Å². The van der Waals surface area contributed by atoms with E-state index in [1.54, 1.807) is 12.1 Å². The maximum Gasteiger partial charge on any atom is 0.294 e. The molecule has 0 heterocycles. The van der Waals surface area contributed by atoms with Crippen molar-refractivity contribution in [1.29, 1.82) is 5.26 Å². The summed E-state index contributed by atoms with van der Waals surface area (Å²) in [5, 5.41) is 8.33. The second kappa shape index (κ2) is 4.22. The van der Waals surface area contributed by atoms with Crippen molar-refractivity contribution in [3.8, 4) is 6.07 Å². The zero-order valence-corrected chi connectivity index (χ0v) is 8.16. The summed E-state index contributed by atoms with van der Waals surface area (Å²) in [5.74, 6) is 0. The molecular formula is C9H9NO3S. The van der Waals surface area contributed by atoms with Crippen LogP contribution < -0.4 is 0 Å². The first kappa shape index (κ1) is 10.7. The minimum Gasteiger partial charge on any atom is -0.282 e. The van der Waals surface area contributed by atoms with Gasteiger partial charge in [-0.1, -0.05) is 12.1 Å². The maximum atomic E-state index is 10.7. The van der Waals surface area contributed by atoms with Crippen LogP contribution in [0.3, 0.4) is 0 Å². The van der Waals surface area contributed by atoms with Crippen LogP contribution in [0.2, 0.25) is 0 Å². The lowest BCUT2D eigenvalue weighted by Gasteiger charge is -1.99. The third-order valence-corrected chi connectivity index (χ3v) is 2.61. The molecular weight excluding hydrogens is 202 g/mol. The number of nitrogens with zero attached hydrogens (tertiary/aromatic N) is 1. The van der Waals surface area contributed by atoms with E-state index in [2.05, 4.69) is 0 Å². The summed E-state index contributed by atoms with van der Waals surface area (Å²) in [5.41, 5.74) is 0.874. The average molecular weight is 211 g/mol. The maximum absolute atomic E-state index is 10.7. The lowest BCUT2D eigenvalue weighted by atomic mass is 10.1. The number of hydrogen-bond acceptors (Lipinski definition) is 3. The molecule has 0 radical (unpaired) electrons. The van der Waals surface area contributed by atoms with Crippen LogP contribution in [-0.2, 0) is 16.5 Å². The minimum absolute atomic E-state index is 0.127. The van der Waals surface area contributed by atoms with Gasteiger partial charge >= 0.3 is 0 Å². The highest BCUT2D eigenvalue weighted by atomic mass is 32.2. The normalized spacial score (nSPS) is 10.9. The van der Waals surface area contributed by atoms with Gasteiger partial charge in [-0.15, -0.1) is 0 Å². The molecule has 0 bridgehead atoms. The Morgan fingerprint density at radius 2 is 1.86 bits per heavy atom. The monoisotopic (exact) mass is 211 g/mol.